The molecule has 1 aromatic rings. The second kappa shape index (κ2) is 9.80. The summed E-state index contributed by atoms with van der Waals surface area (Å²) in [5, 5.41) is 13.6. The minimum atomic E-state index is -0.496. The van der Waals surface area contributed by atoms with Crippen LogP contribution in [0.25, 0.3) is 0 Å². The van der Waals surface area contributed by atoms with E-state index < -0.39 is 6.09 Å². The summed E-state index contributed by atoms with van der Waals surface area (Å²) in [6.45, 7) is 0.783. The van der Waals surface area contributed by atoms with Crippen LogP contribution < -0.4 is 10.6 Å². The summed E-state index contributed by atoms with van der Waals surface area (Å²) in [6, 6.07) is 9.39. The van der Waals surface area contributed by atoms with Crippen LogP contribution in [0.2, 0.25) is 0 Å². The topological polar surface area (TPSA) is 87.7 Å². The van der Waals surface area contributed by atoms with Gasteiger partial charge in [-0.05, 0) is 12.0 Å². The predicted octanol–water partition coefficient (Wildman–Crippen LogP) is 0.801. The standard InChI is InChI=1S/C14H20N2O4/c17-10-9-15-13(18)7-4-8-16-14(19)20-11-12-5-2-1-3-6-12/h1-3,5-6,17H,4,7-11H2,(H,15,18)(H,16,19). The molecule has 0 bridgehead atoms. The number of aliphatic hydroxyl groups is 1. The molecule has 1 aromatic carbocycles. The normalized spacial score (nSPS) is 9.85. The van der Waals surface area contributed by atoms with E-state index in [0.717, 1.165) is 5.56 Å². The summed E-state index contributed by atoms with van der Waals surface area (Å²) in [4.78, 5) is 22.6. The molecule has 0 heterocycles. The van der Waals surface area contributed by atoms with Crippen LogP contribution in [0.4, 0.5) is 4.79 Å². The van der Waals surface area contributed by atoms with Gasteiger partial charge in [-0.2, -0.15) is 0 Å². The minimum Gasteiger partial charge on any atom is -0.445 e. The number of benzene rings is 1. The van der Waals surface area contributed by atoms with Gasteiger partial charge in [0, 0.05) is 19.5 Å². The van der Waals surface area contributed by atoms with Crippen molar-refractivity contribution < 1.29 is 19.4 Å². The highest BCUT2D eigenvalue weighted by Crippen LogP contribution is 2.00. The van der Waals surface area contributed by atoms with E-state index in [-0.39, 0.29) is 25.7 Å². The van der Waals surface area contributed by atoms with Gasteiger partial charge in [-0.15, -0.1) is 0 Å². The van der Waals surface area contributed by atoms with E-state index in [1.54, 1.807) is 0 Å². The Bertz CT molecular complexity index is 409. The zero-order chi connectivity index (χ0) is 14.6. The number of ether oxygens (including phenoxy) is 1. The molecule has 0 fully saturated rings. The molecular formula is C14H20N2O4. The van der Waals surface area contributed by atoms with E-state index in [9.17, 15) is 9.59 Å². The van der Waals surface area contributed by atoms with E-state index in [4.69, 9.17) is 9.84 Å². The van der Waals surface area contributed by atoms with Gasteiger partial charge in [0.15, 0.2) is 0 Å². The van der Waals surface area contributed by atoms with Crippen LogP contribution in [0.3, 0.4) is 0 Å². The highest BCUT2D eigenvalue weighted by atomic mass is 16.5. The second-order valence-corrected chi connectivity index (χ2v) is 4.17. The first kappa shape index (κ1) is 16.0. The van der Waals surface area contributed by atoms with E-state index in [0.29, 0.717) is 19.4 Å². The van der Waals surface area contributed by atoms with Crippen LogP contribution in [0, 0.1) is 0 Å². The van der Waals surface area contributed by atoms with Crippen molar-refractivity contribution in [2.24, 2.45) is 0 Å². The third kappa shape index (κ3) is 7.38. The lowest BCUT2D eigenvalue weighted by Gasteiger charge is -2.07. The first-order valence-electron chi connectivity index (χ1n) is 6.54. The van der Waals surface area contributed by atoms with Gasteiger partial charge in [0.05, 0.1) is 6.61 Å². The Morgan fingerprint density at radius 3 is 2.55 bits per heavy atom. The number of hydrogen-bond donors (Lipinski definition) is 3. The number of carbonyl (C=O) groups excluding carboxylic acids is 2. The Balaban J connectivity index is 2.04. The molecule has 0 radical (unpaired) electrons. The molecule has 110 valence electrons. The Labute approximate surface area is 118 Å². The monoisotopic (exact) mass is 280 g/mol. The van der Waals surface area contributed by atoms with Crippen molar-refractivity contribution in [3.63, 3.8) is 0 Å². The Kier molecular flexibility index (Phi) is 7.83. The summed E-state index contributed by atoms with van der Waals surface area (Å²) in [5.74, 6) is -0.140. The molecule has 0 aliphatic carbocycles. The molecule has 1 rings (SSSR count). The molecule has 0 spiro atoms. The van der Waals surface area contributed by atoms with Gasteiger partial charge in [-0.3, -0.25) is 4.79 Å². The first-order chi connectivity index (χ1) is 9.72. The summed E-state index contributed by atoms with van der Waals surface area (Å²) < 4.78 is 5.02. The molecule has 0 aliphatic heterocycles. The van der Waals surface area contributed by atoms with Gasteiger partial charge in [0.2, 0.25) is 5.91 Å². The lowest BCUT2D eigenvalue weighted by Crippen LogP contribution is -2.29. The minimum absolute atomic E-state index is 0.0736. The van der Waals surface area contributed by atoms with Gasteiger partial charge >= 0.3 is 6.09 Å². The lowest BCUT2D eigenvalue weighted by atomic mass is 10.2. The van der Waals surface area contributed by atoms with Crippen LogP contribution >= 0.6 is 0 Å². The summed E-state index contributed by atoms with van der Waals surface area (Å²) >= 11 is 0. The zero-order valence-corrected chi connectivity index (χ0v) is 11.3. The van der Waals surface area contributed by atoms with Crippen LogP contribution in [0.5, 0.6) is 0 Å². The number of nitrogens with one attached hydrogen (secondary N) is 2. The van der Waals surface area contributed by atoms with Crippen molar-refractivity contribution in [1.29, 1.82) is 0 Å². The van der Waals surface area contributed by atoms with Crippen LogP contribution in [0.15, 0.2) is 30.3 Å². The fourth-order valence-electron chi connectivity index (χ4n) is 1.50. The molecule has 0 saturated carbocycles. The van der Waals surface area contributed by atoms with Gasteiger partial charge in [0.25, 0.3) is 0 Å². The van der Waals surface area contributed by atoms with Crippen LogP contribution in [-0.4, -0.2) is 36.8 Å². The highest BCUT2D eigenvalue weighted by molar-refractivity contribution is 5.75. The Morgan fingerprint density at radius 1 is 1.10 bits per heavy atom. The van der Waals surface area contributed by atoms with Crippen molar-refractivity contribution in [2.45, 2.75) is 19.4 Å². The van der Waals surface area contributed by atoms with Gasteiger partial charge in [-0.25, -0.2) is 4.79 Å². The van der Waals surface area contributed by atoms with Crippen LogP contribution in [-0.2, 0) is 16.1 Å². The Hall–Kier alpha value is -2.08. The molecule has 20 heavy (non-hydrogen) atoms. The van der Waals surface area contributed by atoms with E-state index in [1.165, 1.54) is 0 Å². The predicted molar refractivity (Wildman–Crippen MR) is 74.0 cm³/mol. The first-order valence-corrected chi connectivity index (χ1v) is 6.54. The van der Waals surface area contributed by atoms with E-state index >= 15 is 0 Å². The highest BCUT2D eigenvalue weighted by Gasteiger charge is 2.03. The van der Waals surface area contributed by atoms with Gasteiger partial charge < -0.3 is 20.5 Å². The van der Waals surface area contributed by atoms with Gasteiger partial charge in [-0.1, -0.05) is 30.3 Å². The smallest absolute Gasteiger partial charge is 0.407 e. The average Bonchev–Trinajstić information content (AvgIpc) is 2.48. The number of carbonyl (C=O) groups is 2. The average molecular weight is 280 g/mol. The maximum absolute atomic E-state index is 11.4. The largest absolute Gasteiger partial charge is 0.445 e. The van der Waals surface area contributed by atoms with Crippen molar-refractivity contribution >= 4 is 12.0 Å². The molecule has 6 nitrogen and oxygen atoms in total. The number of aliphatic hydroxyl groups excluding tert-OH is 1. The lowest BCUT2D eigenvalue weighted by molar-refractivity contribution is -0.121. The number of hydrogen-bond acceptors (Lipinski definition) is 4. The van der Waals surface area contributed by atoms with Gasteiger partial charge in [0.1, 0.15) is 6.61 Å². The third-order valence-electron chi connectivity index (χ3n) is 2.50. The molecule has 0 unspecified atom stereocenters. The quantitative estimate of drug-likeness (QED) is 0.615. The molecule has 0 saturated heterocycles. The molecular weight excluding hydrogens is 260 g/mol. The van der Waals surface area contributed by atoms with Crippen LogP contribution in [0.1, 0.15) is 18.4 Å². The van der Waals surface area contributed by atoms with Crippen molar-refractivity contribution in [3.05, 3.63) is 35.9 Å². The zero-order valence-electron chi connectivity index (χ0n) is 11.3. The third-order valence-corrected chi connectivity index (χ3v) is 2.50. The van der Waals surface area contributed by atoms with Crippen molar-refractivity contribution in [3.8, 4) is 0 Å². The molecule has 0 aliphatic rings. The van der Waals surface area contributed by atoms with Crippen molar-refractivity contribution in [2.75, 3.05) is 19.7 Å². The Morgan fingerprint density at radius 2 is 1.85 bits per heavy atom. The number of amides is 2. The second-order valence-electron chi connectivity index (χ2n) is 4.17. The molecule has 0 aromatic heterocycles. The van der Waals surface area contributed by atoms with E-state index in [2.05, 4.69) is 10.6 Å². The SMILES string of the molecule is O=C(CCCNC(=O)OCc1ccccc1)NCCO. The molecule has 2 amide bonds. The maximum Gasteiger partial charge on any atom is 0.407 e. The fourth-order valence-corrected chi connectivity index (χ4v) is 1.50. The number of rotatable bonds is 8. The summed E-state index contributed by atoms with van der Waals surface area (Å²) in [5.41, 5.74) is 0.922. The van der Waals surface area contributed by atoms with E-state index in [1.807, 2.05) is 30.3 Å². The summed E-state index contributed by atoms with van der Waals surface area (Å²) in [7, 11) is 0. The fraction of sp³-hybridized carbons (Fsp3) is 0.429. The molecule has 6 heteroatoms. The maximum atomic E-state index is 11.4. The summed E-state index contributed by atoms with van der Waals surface area (Å²) in [6.07, 6.45) is 0.334. The molecule has 3 N–H and O–H groups in total. The number of alkyl carbamates (subject to hydrolysis) is 1. The molecule has 0 atom stereocenters. The van der Waals surface area contributed by atoms with Crippen molar-refractivity contribution in [1.82, 2.24) is 10.6 Å².